The normalized spacial score (nSPS) is 12.2. The van der Waals surface area contributed by atoms with E-state index in [0.717, 1.165) is 10.0 Å². The zero-order valence-corrected chi connectivity index (χ0v) is 13.3. The fourth-order valence-corrected chi connectivity index (χ4v) is 3.12. The standard InChI is InChI=1S/C15H15BrClFN2/c1-20(14-5-3-2-4-13(14)18)15(9-19)11-7-6-10(17)8-12(11)16/h2-8,15H,9,19H2,1H3. The molecule has 0 saturated heterocycles. The summed E-state index contributed by atoms with van der Waals surface area (Å²) < 4.78 is 14.8. The minimum absolute atomic E-state index is 0.140. The lowest BCUT2D eigenvalue weighted by molar-refractivity contribution is 0.602. The van der Waals surface area contributed by atoms with Crippen molar-refractivity contribution in [1.82, 2.24) is 0 Å². The van der Waals surface area contributed by atoms with Crippen LogP contribution in [0.3, 0.4) is 0 Å². The van der Waals surface area contributed by atoms with Gasteiger partial charge in [-0.2, -0.15) is 0 Å². The minimum atomic E-state index is -0.265. The van der Waals surface area contributed by atoms with E-state index in [4.69, 9.17) is 17.3 Å². The summed E-state index contributed by atoms with van der Waals surface area (Å²) in [6, 6.07) is 12.0. The van der Waals surface area contributed by atoms with E-state index in [9.17, 15) is 4.39 Å². The third-order valence-electron chi connectivity index (χ3n) is 3.24. The summed E-state index contributed by atoms with van der Waals surface area (Å²) >= 11 is 9.44. The number of para-hydroxylation sites is 1. The molecule has 0 aliphatic heterocycles. The molecule has 2 aromatic rings. The molecule has 0 amide bonds. The Balaban J connectivity index is 2.39. The predicted octanol–water partition coefficient (Wildman–Crippen LogP) is 4.38. The van der Waals surface area contributed by atoms with Crippen LogP contribution in [0.4, 0.5) is 10.1 Å². The molecule has 2 N–H and O–H groups in total. The van der Waals surface area contributed by atoms with Crippen LogP contribution in [0.2, 0.25) is 5.02 Å². The van der Waals surface area contributed by atoms with Gasteiger partial charge in [-0.05, 0) is 29.8 Å². The highest BCUT2D eigenvalue weighted by atomic mass is 79.9. The predicted molar refractivity (Wildman–Crippen MR) is 85.8 cm³/mol. The Morgan fingerprint density at radius 1 is 1.30 bits per heavy atom. The Morgan fingerprint density at radius 3 is 2.60 bits per heavy atom. The summed E-state index contributed by atoms with van der Waals surface area (Å²) in [6.45, 7) is 0.366. The lowest BCUT2D eigenvalue weighted by Gasteiger charge is -2.30. The van der Waals surface area contributed by atoms with Crippen LogP contribution in [0.5, 0.6) is 0 Å². The molecule has 0 bridgehead atoms. The topological polar surface area (TPSA) is 29.3 Å². The van der Waals surface area contributed by atoms with Crippen molar-refractivity contribution in [2.24, 2.45) is 5.73 Å². The second kappa shape index (κ2) is 6.57. The molecule has 0 aliphatic carbocycles. The molecule has 0 heterocycles. The summed E-state index contributed by atoms with van der Waals surface area (Å²) in [5.74, 6) is -0.265. The number of anilines is 1. The van der Waals surface area contributed by atoms with Crippen molar-refractivity contribution in [3.8, 4) is 0 Å². The van der Waals surface area contributed by atoms with E-state index in [0.29, 0.717) is 17.3 Å². The molecule has 2 aromatic carbocycles. The van der Waals surface area contributed by atoms with Crippen molar-refractivity contribution in [1.29, 1.82) is 0 Å². The number of nitrogens with two attached hydrogens (primary N) is 1. The van der Waals surface area contributed by atoms with E-state index in [-0.39, 0.29) is 11.9 Å². The van der Waals surface area contributed by atoms with Crippen molar-refractivity contribution in [2.75, 3.05) is 18.5 Å². The van der Waals surface area contributed by atoms with E-state index in [1.807, 2.05) is 24.1 Å². The highest BCUT2D eigenvalue weighted by Crippen LogP contribution is 2.32. The zero-order chi connectivity index (χ0) is 14.7. The van der Waals surface area contributed by atoms with Crippen LogP contribution < -0.4 is 10.6 Å². The molecule has 1 atom stereocenters. The van der Waals surface area contributed by atoms with Crippen molar-refractivity contribution >= 4 is 33.2 Å². The van der Waals surface area contributed by atoms with Gasteiger partial charge < -0.3 is 10.6 Å². The van der Waals surface area contributed by atoms with E-state index in [1.54, 1.807) is 24.3 Å². The minimum Gasteiger partial charge on any atom is -0.364 e. The molecule has 5 heteroatoms. The average Bonchev–Trinajstić information content (AvgIpc) is 2.42. The summed E-state index contributed by atoms with van der Waals surface area (Å²) in [6.07, 6.45) is 0. The Hall–Kier alpha value is -1.10. The summed E-state index contributed by atoms with van der Waals surface area (Å²) in [5.41, 5.74) is 7.38. The largest absolute Gasteiger partial charge is 0.364 e. The van der Waals surface area contributed by atoms with Gasteiger partial charge in [-0.3, -0.25) is 0 Å². The highest BCUT2D eigenvalue weighted by molar-refractivity contribution is 9.10. The number of rotatable bonds is 4. The molecule has 0 fully saturated rings. The van der Waals surface area contributed by atoms with Gasteiger partial charge in [-0.25, -0.2) is 4.39 Å². The van der Waals surface area contributed by atoms with Gasteiger partial charge >= 0.3 is 0 Å². The maximum atomic E-state index is 13.9. The Labute approximate surface area is 131 Å². The molecular formula is C15H15BrClFN2. The number of hydrogen-bond donors (Lipinski definition) is 1. The molecule has 2 nitrogen and oxygen atoms in total. The van der Waals surface area contributed by atoms with Gasteiger partial charge in [0.15, 0.2) is 0 Å². The first kappa shape index (κ1) is 15.3. The van der Waals surface area contributed by atoms with Crippen LogP contribution >= 0.6 is 27.5 Å². The van der Waals surface area contributed by atoms with E-state index in [1.165, 1.54) is 6.07 Å². The number of hydrogen-bond acceptors (Lipinski definition) is 2. The molecule has 0 aromatic heterocycles. The van der Waals surface area contributed by atoms with E-state index in [2.05, 4.69) is 15.9 Å². The highest BCUT2D eigenvalue weighted by Gasteiger charge is 2.20. The SMILES string of the molecule is CN(c1ccccc1F)C(CN)c1ccc(Cl)cc1Br. The van der Waals surface area contributed by atoms with Crippen molar-refractivity contribution in [2.45, 2.75) is 6.04 Å². The van der Waals surface area contributed by atoms with Crippen LogP contribution in [0, 0.1) is 5.82 Å². The third-order valence-corrected chi connectivity index (χ3v) is 4.17. The molecule has 0 radical (unpaired) electrons. The third kappa shape index (κ3) is 3.14. The van der Waals surface area contributed by atoms with Crippen molar-refractivity contribution in [3.63, 3.8) is 0 Å². The lowest BCUT2D eigenvalue weighted by atomic mass is 10.0. The Morgan fingerprint density at radius 2 is 2.00 bits per heavy atom. The molecule has 0 spiro atoms. The Bertz CT molecular complexity index is 606. The maximum Gasteiger partial charge on any atom is 0.146 e. The van der Waals surface area contributed by atoms with Crippen LogP contribution in [0.1, 0.15) is 11.6 Å². The maximum absolute atomic E-state index is 13.9. The number of nitrogens with zero attached hydrogens (tertiary/aromatic N) is 1. The van der Waals surface area contributed by atoms with E-state index >= 15 is 0 Å². The summed E-state index contributed by atoms with van der Waals surface area (Å²) in [7, 11) is 1.83. The fraction of sp³-hybridized carbons (Fsp3) is 0.200. The first-order valence-electron chi connectivity index (χ1n) is 6.17. The van der Waals surface area contributed by atoms with Gasteiger partial charge in [0.05, 0.1) is 11.7 Å². The molecule has 0 aliphatic rings. The Kier molecular flexibility index (Phi) is 5.02. The van der Waals surface area contributed by atoms with Crippen LogP contribution in [-0.4, -0.2) is 13.6 Å². The van der Waals surface area contributed by atoms with Gasteiger partial charge in [0.1, 0.15) is 5.82 Å². The summed E-state index contributed by atoms with van der Waals surface area (Å²) in [5, 5.41) is 0.643. The van der Waals surface area contributed by atoms with Gasteiger partial charge in [-0.15, -0.1) is 0 Å². The quantitative estimate of drug-likeness (QED) is 0.880. The van der Waals surface area contributed by atoms with Gasteiger partial charge in [0.2, 0.25) is 0 Å². The number of likely N-dealkylation sites (N-methyl/N-ethyl adjacent to an activating group) is 1. The van der Waals surface area contributed by atoms with Crippen LogP contribution in [-0.2, 0) is 0 Å². The second-order valence-electron chi connectivity index (χ2n) is 4.48. The molecule has 20 heavy (non-hydrogen) atoms. The van der Waals surface area contributed by atoms with Gasteiger partial charge in [0, 0.05) is 23.1 Å². The molecule has 2 rings (SSSR count). The van der Waals surface area contributed by atoms with Gasteiger partial charge in [0.25, 0.3) is 0 Å². The lowest BCUT2D eigenvalue weighted by Crippen LogP contribution is -2.31. The average molecular weight is 358 g/mol. The molecular weight excluding hydrogens is 343 g/mol. The second-order valence-corrected chi connectivity index (χ2v) is 5.77. The first-order valence-corrected chi connectivity index (χ1v) is 7.34. The van der Waals surface area contributed by atoms with Crippen LogP contribution in [0.15, 0.2) is 46.9 Å². The number of halogens is 3. The van der Waals surface area contributed by atoms with Crippen LogP contribution in [0.25, 0.3) is 0 Å². The smallest absolute Gasteiger partial charge is 0.146 e. The van der Waals surface area contributed by atoms with E-state index < -0.39 is 0 Å². The molecule has 106 valence electrons. The van der Waals surface area contributed by atoms with Gasteiger partial charge in [-0.1, -0.05) is 45.7 Å². The summed E-state index contributed by atoms with van der Waals surface area (Å²) in [4.78, 5) is 1.84. The van der Waals surface area contributed by atoms with Crippen molar-refractivity contribution < 1.29 is 4.39 Å². The number of benzene rings is 2. The molecule has 1 unspecified atom stereocenters. The zero-order valence-electron chi connectivity index (χ0n) is 11.0. The fourth-order valence-electron chi connectivity index (χ4n) is 2.17. The van der Waals surface area contributed by atoms with Crippen molar-refractivity contribution in [3.05, 3.63) is 63.3 Å². The molecule has 0 saturated carbocycles. The first-order chi connectivity index (χ1) is 9.54. The monoisotopic (exact) mass is 356 g/mol.